The third-order valence-electron chi connectivity index (χ3n) is 4.23. The first-order chi connectivity index (χ1) is 12.6. The molecule has 0 spiro atoms. The van der Waals surface area contributed by atoms with Gasteiger partial charge < -0.3 is 14.5 Å². The van der Waals surface area contributed by atoms with Gasteiger partial charge in [0.1, 0.15) is 29.7 Å². The van der Waals surface area contributed by atoms with Gasteiger partial charge in [0.2, 0.25) is 5.91 Å². The van der Waals surface area contributed by atoms with Crippen LogP contribution in [-0.4, -0.2) is 43.5 Å². The summed E-state index contributed by atoms with van der Waals surface area (Å²) in [7, 11) is 1.35. The van der Waals surface area contributed by atoms with Crippen LogP contribution in [0.1, 0.15) is 15.9 Å². The zero-order valence-corrected chi connectivity index (χ0v) is 14.1. The van der Waals surface area contributed by atoms with Gasteiger partial charge in [0.15, 0.2) is 0 Å². The van der Waals surface area contributed by atoms with E-state index in [2.05, 4.69) is 6.07 Å². The summed E-state index contributed by atoms with van der Waals surface area (Å²) >= 11 is 0. The van der Waals surface area contributed by atoms with Gasteiger partial charge in [0, 0.05) is 13.1 Å². The first-order valence-electron chi connectivity index (χ1n) is 7.98. The maximum absolute atomic E-state index is 14.1. The van der Waals surface area contributed by atoms with E-state index in [1.54, 1.807) is 24.3 Å². The van der Waals surface area contributed by atoms with Gasteiger partial charge in [-0.25, -0.2) is 4.39 Å². The molecule has 0 unspecified atom stereocenters. The summed E-state index contributed by atoms with van der Waals surface area (Å²) in [5.41, 5.74) is 0.709. The van der Waals surface area contributed by atoms with Gasteiger partial charge in [-0.2, -0.15) is 5.26 Å². The van der Waals surface area contributed by atoms with E-state index in [1.807, 2.05) is 0 Å². The molecule has 2 amide bonds. The molecule has 2 aromatic carbocycles. The van der Waals surface area contributed by atoms with E-state index in [0.29, 0.717) is 11.3 Å². The second-order valence-electron chi connectivity index (χ2n) is 5.72. The van der Waals surface area contributed by atoms with Crippen LogP contribution in [0.4, 0.5) is 10.1 Å². The molecule has 1 saturated heterocycles. The maximum Gasteiger partial charge on any atom is 0.261 e. The largest absolute Gasteiger partial charge is 0.496 e. The molecule has 0 atom stereocenters. The average molecular weight is 353 g/mol. The molecule has 2 aromatic rings. The third-order valence-corrected chi connectivity index (χ3v) is 4.23. The number of methoxy groups -OCH3 is 1. The molecule has 1 aliphatic rings. The van der Waals surface area contributed by atoms with E-state index in [-0.39, 0.29) is 36.9 Å². The van der Waals surface area contributed by atoms with Crippen LogP contribution in [0, 0.1) is 17.1 Å². The van der Waals surface area contributed by atoms with Crippen molar-refractivity contribution < 1.29 is 18.7 Å². The highest BCUT2D eigenvalue weighted by Crippen LogP contribution is 2.26. The Morgan fingerprint density at radius 2 is 1.96 bits per heavy atom. The van der Waals surface area contributed by atoms with E-state index in [9.17, 15) is 19.2 Å². The van der Waals surface area contributed by atoms with Crippen molar-refractivity contribution >= 4 is 17.5 Å². The summed E-state index contributed by atoms with van der Waals surface area (Å²) in [6.45, 7) is 0.248. The highest BCUT2D eigenvalue weighted by molar-refractivity contribution is 6.03. The average Bonchev–Trinajstić information content (AvgIpc) is 2.67. The highest BCUT2D eigenvalue weighted by atomic mass is 19.1. The molecule has 1 fully saturated rings. The molecule has 3 rings (SSSR count). The molecular formula is C19H16FN3O3. The predicted molar refractivity (Wildman–Crippen MR) is 92.4 cm³/mol. The normalized spacial score (nSPS) is 14.1. The minimum atomic E-state index is -0.695. The van der Waals surface area contributed by atoms with Crippen molar-refractivity contribution in [3.8, 4) is 11.8 Å². The number of anilines is 1. The first kappa shape index (κ1) is 17.4. The summed E-state index contributed by atoms with van der Waals surface area (Å²) in [6.07, 6.45) is 0. The minimum absolute atomic E-state index is 0.125. The molecule has 0 aromatic heterocycles. The number of nitrogens with zero attached hydrogens (tertiary/aromatic N) is 3. The van der Waals surface area contributed by atoms with Gasteiger partial charge in [-0.1, -0.05) is 18.2 Å². The zero-order chi connectivity index (χ0) is 18.7. The number of ether oxygens (including phenoxy) is 1. The number of halogens is 1. The second-order valence-corrected chi connectivity index (χ2v) is 5.72. The Bertz CT molecular complexity index is 907. The Balaban J connectivity index is 1.83. The fraction of sp³-hybridized carbons (Fsp3) is 0.211. The molecule has 0 N–H and O–H groups in total. The molecule has 7 heteroatoms. The number of benzene rings is 2. The maximum atomic E-state index is 14.1. The number of piperazine rings is 1. The molecule has 1 heterocycles. The Labute approximate surface area is 150 Å². The molecule has 1 aliphatic heterocycles. The molecule has 26 heavy (non-hydrogen) atoms. The van der Waals surface area contributed by atoms with Crippen molar-refractivity contribution in [2.45, 2.75) is 0 Å². The zero-order valence-electron chi connectivity index (χ0n) is 14.1. The van der Waals surface area contributed by atoms with Gasteiger partial charge in [-0.3, -0.25) is 9.59 Å². The van der Waals surface area contributed by atoms with Gasteiger partial charge in [-0.05, 0) is 24.3 Å². The van der Waals surface area contributed by atoms with Crippen molar-refractivity contribution in [1.29, 1.82) is 5.26 Å². The van der Waals surface area contributed by atoms with Gasteiger partial charge >= 0.3 is 0 Å². The number of carbonyl (C=O) groups excluding carboxylic acids is 2. The number of hydrogen-bond acceptors (Lipinski definition) is 4. The lowest BCUT2D eigenvalue weighted by molar-refractivity contribution is -0.120. The lowest BCUT2D eigenvalue weighted by Crippen LogP contribution is -2.52. The fourth-order valence-electron chi connectivity index (χ4n) is 2.94. The number of amides is 2. The summed E-state index contributed by atoms with van der Waals surface area (Å²) < 4.78 is 19.2. The summed E-state index contributed by atoms with van der Waals surface area (Å²) in [5, 5.41) is 9.20. The van der Waals surface area contributed by atoms with Crippen LogP contribution < -0.4 is 9.64 Å². The topological polar surface area (TPSA) is 73.6 Å². The summed E-state index contributed by atoms with van der Waals surface area (Å²) in [4.78, 5) is 28.0. The molecule has 0 aliphatic carbocycles. The monoisotopic (exact) mass is 353 g/mol. The van der Waals surface area contributed by atoms with E-state index in [1.165, 1.54) is 35.1 Å². The van der Waals surface area contributed by atoms with Crippen molar-refractivity contribution in [1.82, 2.24) is 4.90 Å². The van der Waals surface area contributed by atoms with E-state index in [0.717, 1.165) is 0 Å². The predicted octanol–water partition coefficient (Wildman–Crippen LogP) is 2.19. The Morgan fingerprint density at radius 1 is 1.19 bits per heavy atom. The number of rotatable bonds is 3. The number of carbonyl (C=O) groups is 2. The SMILES string of the molecule is COc1cccc(F)c1C(=O)N1CCN(c2ccccc2C#N)C(=O)C1. The van der Waals surface area contributed by atoms with Gasteiger partial charge in [0.05, 0.1) is 18.4 Å². The van der Waals surface area contributed by atoms with E-state index < -0.39 is 11.7 Å². The van der Waals surface area contributed by atoms with Crippen LogP contribution in [0.25, 0.3) is 0 Å². The lowest BCUT2D eigenvalue weighted by Gasteiger charge is -2.34. The van der Waals surface area contributed by atoms with Crippen molar-refractivity contribution in [3.05, 3.63) is 59.4 Å². The van der Waals surface area contributed by atoms with Crippen LogP contribution in [0.3, 0.4) is 0 Å². The van der Waals surface area contributed by atoms with Crippen LogP contribution in [0.5, 0.6) is 5.75 Å². The number of hydrogen-bond donors (Lipinski definition) is 0. The number of para-hydroxylation sites is 1. The van der Waals surface area contributed by atoms with Crippen molar-refractivity contribution in [2.24, 2.45) is 0 Å². The molecule has 0 bridgehead atoms. The van der Waals surface area contributed by atoms with Crippen LogP contribution >= 0.6 is 0 Å². The minimum Gasteiger partial charge on any atom is -0.496 e. The first-order valence-corrected chi connectivity index (χ1v) is 7.98. The quantitative estimate of drug-likeness (QED) is 0.848. The van der Waals surface area contributed by atoms with Crippen molar-refractivity contribution in [3.63, 3.8) is 0 Å². The smallest absolute Gasteiger partial charge is 0.261 e. The standard InChI is InChI=1S/C19H16FN3O3/c1-26-16-8-4-6-14(20)18(16)19(25)22-9-10-23(17(24)12-22)15-7-3-2-5-13(15)11-21/h2-8H,9-10,12H2,1H3. The van der Waals surface area contributed by atoms with Crippen LogP contribution in [0.2, 0.25) is 0 Å². The van der Waals surface area contributed by atoms with Crippen LogP contribution in [0.15, 0.2) is 42.5 Å². The summed E-state index contributed by atoms with van der Waals surface area (Å²) in [5.74, 6) is -1.50. The third kappa shape index (κ3) is 3.09. The second kappa shape index (κ2) is 7.23. The number of nitriles is 1. The van der Waals surface area contributed by atoms with Crippen molar-refractivity contribution in [2.75, 3.05) is 31.6 Å². The Morgan fingerprint density at radius 3 is 2.65 bits per heavy atom. The fourth-order valence-corrected chi connectivity index (χ4v) is 2.94. The Hall–Kier alpha value is -3.40. The van der Waals surface area contributed by atoms with Gasteiger partial charge in [-0.15, -0.1) is 0 Å². The highest BCUT2D eigenvalue weighted by Gasteiger charge is 2.32. The van der Waals surface area contributed by atoms with Gasteiger partial charge in [0.25, 0.3) is 5.91 Å². The molecule has 0 radical (unpaired) electrons. The van der Waals surface area contributed by atoms with E-state index in [4.69, 9.17) is 4.74 Å². The van der Waals surface area contributed by atoms with Crippen LogP contribution in [-0.2, 0) is 4.79 Å². The molecule has 132 valence electrons. The molecule has 6 nitrogen and oxygen atoms in total. The van der Waals surface area contributed by atoms with E-state index >= 15 is 0 Å². The summed E-state index contributed by atoms with van der Waals surface area (Å²) in [6, 6.07) is 13.0. The lowest BCUT2D eigenvalue weighted by atomic mass is 10.1. The molecular weight excluding hydrogens is 337 g/mol. The Kier molecular flexibility index (Phi) is 4.85. The molecule has 0 saturated carbocycles.